The third-order valence-corrected chi connectivity index (χ3v) is 3.45. The number of aliphatic hydroxyl groups is 1. The lowest BCUT2D eigenvalue weighted by Crippen LogP contribution is -2.29. The first-order valence-electron chi connectivity index (χ1n) is 5.80. The minimum absolute atomic E-state index is 0.0413. The van der Waals surface area contributed by atoms with E-state index in [0.717, 1.165) is 0 Å². The second-order valence-corrected chi connectivity index (χ2v) is 4.94. The molecular formula is C13H13Cl2NO3. The van der Waals surface area contributed by atoms with Gasteiger partial charge in [-0.2, -0.15) is 0 Å². The van der Waals surface area contributed by atoms with Gasteiger partial charge in [0.15, 0.2) is 0 Å². The number of hydrogen-bond donors (Lipinski definition) is 2. The molecule has 1 unspecified atom stereocenters. The fraction of sp³-hybridized carbons (Fsp3) is 0.308. The highest BCUT2D eigenvalue weighted by Crippen LogP contribution is 2.29. The predicted octanol–water partition coefficient (Wildman–Crippen LogP) is 2.45. The van der Waals surface area contributed by atoms with Gasteiger partial charge in [0.05, 0.1) is 24.5 Å². The first kappa shape index (κ1) is 14.2. The Kier molecular flexibility index (Phi) is 4.69. The van der Waals surface area contributed by atoms with Gasteiger partial charge in [0.2, 0.25) is 0 Å². The largest absolute Gasteiger partial charge is 0.500 e. The molecule has 2 N–H and O–H groups in total. The van der Waals surface area contributed by atoms with Gasteiger partial charge in [0.25, 0.3) is 5.91 Å². The molecule has 0 saturated heterocycles. The van der Waals surface area contributed by atoms with Crippen LogP contribution in [0.15, 0.2) is 30.0 Å². The van der Waals surface area contributed by atoms with E-state index < -0.39 is 6.10 Å². The van der Waals surface area contributed by atoms with Crippen molar-refractivity contribution < 1.29 is 14.6 Å². The van der Waals surface area contributed by atoms with Crippen LogP contribution in [0.5, 0.6) is 0 Å². The quantitative estimate of drug-likeness (QED) is 0.898. The summed E-state index contributed by atoms with van der Waals surface area (Å²) >= 11 is 12.0. The standard InChI is InChI=1S/C13H13Cl2NO3/c14-9-2-1-3-10(15)12(9)11(17)6-16-13(18)8-4-5-19-7-8/h1-3,7,11,17H,4-6H2,(H,16,18). The Morgan fingerprint density at radius 1 is 1.42 bits per heavy atom. The lowest BCUT2D eigenvalue weighted by atomic mass is 10.1. The number of rotatable bonds is 4. The Labute approximate surface area is 121 Å². The first-order chi connectivity index (χ1) is 9.09. The summed E-state index contributed by atoms with van der Waals surface area (Å²) in [5, 5.41) is 13.4. The maximum atomic E-state index is 11.7. The van der Waals surface area contributed by atoms with E-state index in [-0.39, 0.29) is 12.5 Å². The van der Waals surface area contributed by atoms with Crippen molar-refractivity contribution in [2.75, 3.05) is 13.2 Å². The molecule has 2 rings (SSSR count). The molecule has 0 aliphatic carbocycles. The predicted molar refractivity (Wildman–Crippen MR) is 73.1 cm³/mol. The second kappa shape index (κ2) is 6.28. The highest BCUT2D eigenvalue weighted by molar-refractivity contribution is 6.36. The molecule has 0 saturated carbocycles. The van der Waals surface area contributed by atoms with Gasteiger partial charge in [-0.3, -0.25) is 4.79 Å². The minimum atomic E-state index is -0.951. The van der Waals surface area contributed by atoms with E-state index in [1.807, 2.05) is 0 Å². The SMILES string of the molecule is O=C(NCC(O)c1c(Cl)cccc1Cl)C1=COCC1. The molecule has 1 aromatic carbocycles. The Bertz CT molecular complexity index is 496. The molecule has 0 bridgehead atoms. The van der Waals surface area contributed by atoms with E-state index in [4.69, 9.17) is 27.9 Å². The van der Waals surface area contributed by atoms with Gasteiger partial charge in [-0.25, -0.2) is 0 Å². The topological polar surface area (TPSA) is 58.6 Å². The van der Waals surface area contributed by atoms with E-state index in [1.54, 1.807) is 18.2 Å². The van der Waals surface area contributed by atoms with Crippen LogP contribution in [0, 0.1) is 0 Å². The molecule has 1 amide bonds. The number of amides is 1. The Hall–Kier alpha value is -1.23. The maximum absolute atomic E-state index is 11.7. The first-order valence-corrected chi connectivity index (χ1v) is 6.56. The number of aliphatic hydroxyl groups excluding tert-OH is 1. The monoisotopic (exact) mass is 301 g/mol. The molecule has 6 heteroatoms. The molecule has 0 radical (unpaired) electrons. The number of nitrogens with one attached hydrogen (secondary N) is 1. The van der Waals surface area contributed by atoms with Gasteiger partial charge in [-0.15, -0.1) is 0 Å². The number of carbonyl (C=O) groups excluding carboxylic acids is 1. The number of halogens is 2. The third kappa shape index (κ3) is 3.41. The van der Waals surface area contributed by atoms with Crippen LogP contribution in [0.2, 0.25) is 10.0 Å². The summed E-state index contributed by atoms with van der Waals surface area (Å²) in [4.78, 5) is 11.7. The number of carbonyl (C=O) groups is 1. The van der Waals surface area contributed by atoms with Gasteiger partial charge < -0.3 is 15.2 Å². The van der Waals surface area contributed by atoms with E-state index in [2.05, 4.69) is 5.32 Å². The molecule has 1 aromatic rings. The van der Waals surface area contributed by atoms with Crippen LogP contribution in [0.4, 0.5) is 0 Å². The van der Waals surface area contributed by atoms with Crippen LogP contribution in [0.25, 0.3) is 0 Å². The number of ether oxygens (including phenoxy) is 1. The lowest BCUT2D eigenvalue weighted by molar-refractivity contribution is -0.118. The van der Waals surface area contributed by atoms with Gasteiger partial charge in [0, 0.05) is 28.6 Å². The van der Waals surface area contributed by atoms with Crippen LogP contribution in [0.3, 0.4) is 0 Å². The normalized spacial score (nSPS) is 15.6. The molecule has 19 heavy (non-hydrogen) atoms. The minimum Gasteiger partial charge on any atom is -0.500 e. The molecular weight excluding hydrogens is 289 g/mol. The zero-order chi connectivity index (χ0) is 13.8. The molecule has 0 fully saturated rings. The van der Waals surface area contributed by atoms with Crippen molar-refractivity contribution in [1.29, 1.82) is 0 Å². The zero-order valence-corrected chi connectivity index (χ0v) is 11.5. The van der Waals surface area contributed by atoms with E-state index >= 15 is 0 Å². The van der Waals surface area contributed by atoms with Crippen molar-refractivity contribution in [3.05, 3.63) is 45.6 Å². The number of benzene rings is 1. The van der Waals surface area contributed by atoms with Crippen molar-refractivity contribution in [3.63, 3.8) is 0 Å². The summed E-state index contributed by atoms with van der Waals surface area (Å²) in [7, 11) is 0. The summed E-state index contributed by atoms with van der Waals surface area (Å²) in [5.74, 6) is -0.250. The molecule has 1 aliphatic rings. The van der Waals surface area contributed by atoms with Gasteiger partial charge in [-0.1, -0.05) is 29.3 Å². The average Bonchev–Trinajstić information content (AvgIpc) is 2.89. The number of hydrogen-bond acceptors (Lipinski definition) is 3. The molecule has 1 atom stereocenters. The molecule has 0 aromatic heterocycles. The lowest BCUT2D eigenvalue weighted by Gasteiger charge is -2.15. The molecule has 0 spiro atoms. The van der Waals surface area contributed by atoms with E-state index in [0.29, 0.717) is 34.2 Å². The van der Waals surface area contributed by atoms with Gasteiger partial charge in [-0.05, 0) is 12.1 Å². The highest BCUT2D eigenvalue weighted by Gasteiger charge is 2.19. The van der Waals surface area contributed by atoms with Crippen molar-refractivity contribution in [1.82, 2.24) is 5.32 Å². The van der Waals surface area contributed by atoms with Crippen molar-refractivity contribution in [2.45, 2.75) is 12.5 Å². The van der Waals surface area contributed by atoms with Crippen molar-refractivity contribution >= 4 is 29.1 Å². The Morgan fingerprint density at radius 3 is 2.68 bits per heavy atom. The highest BCUT2D eigenvalue weighted by atomic mass is 35.5. The smallest absolute Gasteiger partial charge is 0.250 e. The summed E-state index contributed by atoms with van der Waals surface area (Å²) in [6, 6.07) is 4.97. The Balaban J connectivity index is 1.97. The maximum Gasteiger partial charge on any atom is 0.250 e. The van der Waals surface area contributed by atoms with Crippen LogP contribution in [-0.4, -0.2) is 24.2 Å². The van der Waals surface area contributed by atoms with Crippen LogP contribution in [0.1, 0.15) is 18.1 Å². The zero-order valence-electron chi connectivity index (χ0n) is 10.0. The van der Waals surface area contributed by atoms with Crippen molar-refractivity contribution in [3.8, 4) is 0 Å². The van der Waals surface area contributed by atoms with E-state index in [1.165, 1.54) is 6.26 Å². The molecule has 4 nitrogen and oxygen atoms in total. The van der Waals surface area contributed by atoms with Crippen LogP contribution >= 0.6 is 23.2 Å². The third-order valence-electron chi connectivity index (χ3n) is 2.80. The summed E-state index contributed by atoms with van der Waals surface area (Å²) in [5.41, 5.74) is 0.986. The fourth-order valence-corrected chi connectivity index (χ4v) is 2.44. The average molecular weight is 302 g/mol. The summed E-state index contributed by atoms with van der Waals surface area (Å²) in [6.45, 7) is 0.557. The van der Waals surface area contributed by atoms with Crippen molar-refractivity contribution in [2.24, 2.45) is 0 Å². The van der Waals surface area contributed by atoms with Crippen LogP contribution in [-0.2, 0) is 9.53 Å². The van der Waals surface area contributed by atoms with Crippen LogP contribution < -0.4 is 5.32 Å². The molecule has 1 aliphatic heterocycles. The Morgan fingerprint density at radius 2 is 2.11 bits per heavy atom. The summed E-state index contributed by atoms with van der Waals surface area (Å²) in [6.07, 6.45) is 1.06. The fourth-order valence-electron chi connectivity index (χ4n) is 1.79. The molecule has 102 valence electrons. The molecule has 1 heterocycles. The second-order valence-electron chi connectivity index (χ2n) is 4.13. The van der Waals surface area contributed by atoms with E-state index in [9.17, 15) is 9.90 Å². The van der Waals surface area contributed by atoms with Gasteiger partial charge in [0.1, 0.15) is 0 Å². The van der Waals surface area contributed by atoms with Gasteiger partial charge >= 0.3 is 0 Å². The summed E-state index contributed by atoms with van der Waals surface area (Å²) < 4.78 is 4.98.